The first-order chi connectivity index (χ1) is 17.4. The lowest BCUT2D eigenvalue weighted by Gasteiger charge is -2.28. The Morgan fingerprint density at radius 2 is 1.81 bits per heavy atom. The molecule has 0 radical (unpaired) electrons. The minimum atomic E-state index is -0.629. The second-order valence-corrected chi connectivity index (χ2v) is 9.43. The largest absolute Gasteiger partial charge is 0.494 e. The Balaban J connectivity index is 1.73. The molecule has 0 bridgehead atoms. The van der Waals surface area contributed by atoms with E-state index < -0.39 is 11.6 Å². The molecular weight excluding hydrogens is 460 g/mol. The number of pyridine rings is 1. The summed E-state index contributed by atoms with van der Waals surface area (Å²) in [7, 11) is 5.73. The van der Waals surface area contributed by atoms with Gasteiger partial charge in [-0.15, -0.1) is 0 Å². The second-order valence-electron chi connectivity index (χ2n) is 9.43. The normalized spacial score (nSPS) is 15.7. The maximum Gasteiger partial charge on any atom is 0.163 e. The lowest BCUT2D eigenvalue weighted by atomic mass is 10.0. The van der Waals surface area contributed by atoms with Crippen LogP contribution in [-0.2, 0) is 0 Å². The summed E-state index contributed by atoms with van der Waals surface area (Å²) in [5.41, 5.74) is 2.53. The van der Waals surface area contributed by atoms with E-state index in [0.717, 1.165) is 55.2 Å². The molecule has 186 valence electrons. The Morgan fingerprint density at radius 3 is 2.50 bits per heavy atom. The molecule has 2 aromatic heterocycles. The van der Waals surface area contributed by atoms with Gasteiger partial charge in [0.25, 0.3) is 0 Å². The molecule has 3 heterocycles. The highest BCUT2D eigenvalue weighted by molar-refractivity contribution is 5.98. The van der Waals surface area contributed by atoms with Crippen molar-refractivity contribution in [3.8, 4) is 28.3 Å². The zero-order valence-electron chi connectivity index (χ0n) is 20.7. The van der Waals surface area contributed by atoms with Crippen LogP contribution in [0.3, 0.4) is 0 Å². The van der Waals surface area contributed by atoms with E-state index in [1.54, 1.807) is 25.6 Å². The average molecular weight is 490 g/mol. The Kier molecular flexibility index (Phi) is 6.78. The summed E-state index contributed by atoms with van der Waals surface area (Å²) in [6, 6.07) is 11.3. The van der Waals surface area contributed by atoms with Crippen molar-refractivity contribution in [1.82, 2.24) is 19.9 Å². The van der Waals surface area contributed by atoms with Crippen LogP contribution < -0.4 is 9.64 Å². The Morgan fingerprint density at radius 1 is 1.03 bits per heavy atom. The second kappa shape index (κ2) is 10.1. The summed E-state index contributed by atoms with van der Waals surface area (Å²) in [5.74, 6) is 0.625. The SMILES string of the molecule is COc1cc(-c2cc(F)cc(F)c2)cc2c(N3CCCC3CCN(C)C)nc(-c3cccnc3)nc12. The van der Waals surface area contributed by atoms with Crippen molar-refractivity contribution in [2.24, 2.45) is 0 Å². The van der Waals surface area contributed by atoms with Gasteiger partial charge >= 0.3 is 0 Å². The van der Waals surface area contributed by atoms with Gasteiger partial charge in [0.1, 0.15) is 28.7 Å². The highest BCUT2D eigenvalue weighted by Gasteiger charge is 2.29. The van der Waals surface area contributed by atoms with Crippen LogP contribution in [-0.4, -0.2) is 60.2 Å². The third-order valence-corrected chi connectivity index (χ3v) is 6.64. The molecule has 0 spiro atoms. The molecule has 1 atom stereocenters. The van der Waals surface area contributed by atoms with E-state index in [-0.39, 0.29) is 0 Å². The number of nitrogens with zero attached hydrogens (tertiary/aromatic N) is 5. The summed E-state index contributed by atoms with van der Waals surface area (Å²) in [5, 5.41) is 0.790. The van der Waals surface area contributed by atoms with Gasteiger partial charge in [-0.1, -0.05) is 0 Å². The van der Waals surface area contributed by atoms with Crippen molar-refractivity contribution >= 4 is 16.7 Å². The minimum absolute atomic E-state index is 0.327. The summed E-state index contributed by atoms with van der Waals surface area (Å²) in [4.78, 5) is 18.7. The van der Waals surface area contributed by atoms with E-state index in [0.29, 0.717) is 34.3 Å². The molecule has 1 saturated heterocycles. The van der Waals surface area contributed by atoms with Crippen molar-refractivity contribution in [2.75, 3.05) is 39.2 Å². The van der Waals surface area contributed by atoms with Gasteiger partial charge < -0.3 is 14.5 Å². The predicted molar refractivity (Wildman–Crippen MR) is 138 cm³/mol. The standard InChI is InChI=1S/C28H29F2N5O/c1-34(2)11-8-23-7-5-10-35(23)28-24-14-20(19-12-21(29)16-22(30)13-19)15-25(36-3)26(24)32-27(33-28)18-6-4-9-31-17-18/h4,6,9,12-17,23H,5,7-8,10-11H2,1-3H3. The predicted octanol–water partition coefficient (Wildman–Crippen LogP) is 5.57. The van der Waals surface area contributed by atoms with Crippen LogP contribution in [0.15, 0.2) is 54.9 Å². The molecule has 36 heavy (non-hydrogen) atoms. The number of benzene rings is 2. The highest BCUT2D eigenvalue weighted by atomic mass is 19.1. The molecule has 1 aliphatic heterocycles. The Labute approximate surface area is 209 Å². The molecule has 4 aromatic rings. The van der Waals surface area contributed by atoms with Crippen LogP contribution in [0.25, 0.3) is 33.4 Å². The third kappa shape index (κ3) is 4.86. The smallest absolute Gasteiger partial charge is 0.163 e. The minimum Gasteiger partial charge on any atom is -0.494 e. The van der Waals surface area contributed by atoms with Gasteiger partial charge in [-0.25, -0.2) is 18.7 Å². The molecule has 1 unspecified atom stereocenters. The van der Waals surface area contributed by atoms with Gasteiger partial charge in [0.2, 0.25) is 0 Å². The summed E-state index contributed by atoms with van der Waals surface area (Å²) < 4.78 is 33.9. The average Bonchev–Trinajstić information content (AvgIpc) is 3.34. The van der Waals surface area contributed by atoms with Gasteiger partial charge in [0.15, 0.2) is 5.82 Å². The molecule has 0 amide bonds. The van der Waals surface area contributed by atoms with Gasteiger partial charge in [0.05, 0.1) is 7.11 Å². The molecule has 0 aliphatic carbocycles. The van der Waals surface area contributed by atoms with Gasteiger partial charge in [-0.2, -0.15) is 0 Å². The fraction of sp³-hybridized carbons (Fsp3) is 0.321. The molecule has 5 rings (SSSR count). The number of anilines is 1. The number of fused-ring (bicyclic) bond motifs is 1. The van der Waals surface area contributed by atoms with E-state index in [1.807, 2.05) is 18.2 Å². The molecule has 1 fully saturated rings. The number of ether oxygens (including phenoxy) is 1. The Hall–Kier alpha value is -3.65. The van der Waals surface area contributed by atoms with Crippen molar-refractivity contribution in [3.05, 3.63) is 66.5 Å². The summed E-state index contributed by atoms with van der Waals surface area (Å²) >= 11 is 0. The molecule has 8 heteroatoms. The third-order valence-electron chi connectivity index (χ3n) is 6.64. The van der Waals surface area contributed by atoms with Crippen LogP contribution in [0, 0.1) is 11.6 Å². The zero-order valence-corrected chi connectivity index (χ0v) is 20.7. The van der Waals surface area contributed by atoms with Crippen LogP contribution >= 0.6 is 0 Å². The van der Waals surface area contributed by atoms with E-state index >= 15 is 0 Å². The maximum absolute atomic E-state index is 14.1. The fourth-order valence-electron chi connectivity index (χ4n) is 4.89. The number of halogens is 2. The van der Waals surface area contributed by atoms with E-state index in [4.69, 9.17) is 14.7 Å². The topological polar surface area (TPSA) is 54.4 Å². The quantitative estimate of drug-likeness (QED) is 0.339. The van der Waals surface area contributed by atoms with Crippen LogP contribution in [0.5, 0.6) is 5.75 Å². The van der Waals surface area contributed by atoms with E-state index in [1.165, 1.54) is 12.1 Å². The maximum atomic E-state index is 14.1. The molecule has 0 saturated carbocycles. The lowest BCUT2D eigenvalue weighted by Crippen LogP contribution is -2.33. The van der Waals surface area contributed by atoms with Crippen LogP contribution in [0.1, 0.15) is 19.3 Å². The number of rotatable bonds is 7. The number of methoxy groups -OCH3 is 1. The molecule has 1 aliphatic rings. The number of hydrogen-bond acceptors (Lipinski definition) is 6. The summed E-state index contributed by atoms with van der Waals surface area (Å²) in [6.07, 6.45) is 6.61. The first kappa shape index (κ1) is 24.1. The van der Waals surface area contributed by atoms with Gasteiger partial charge in [0, 0.05) is 42.0 Å². The fourth-order valence-corrected chi connectivity index (χ4v) is 4.89. The van der Waals surface area contributed by atoms with E-state index in [2.05, 4.69) is 28.9 Å². The first-order valence-corrected chi connectivity index (χ1v) is 12.1. The van der Waals surface area contributed by atoms with Gasteiger partial charge in [-0.05, 0) is 87.4 Å². The molecule has 0 N–H and O–H groups in total. The van der Waals surface area contributed by atoms with E-state index in [9.17, 15) is 8.78 Å². The van der Waals surface area contributed by atoms with Crippen LogP contribution in [0.4, 0.5) is 14.6 Å². The summed E-state index contributed by atoms with van der Waals surface area (Å²) in [6.45, 7) is 1.84. The van der Waals surface area contributed by atoms with Crippen molar-refractivity contribution in [2.45, 2.75) is 25.3 Å². The van der Waals surface area contributed by atoms with Crippen molar-refractivity contribution in [3.63, 3.8) is 0 Å². The highest BCUT2D eigenvalue weighted by Crippen LogP contribution is 2.39. The molecule has 6 nitrogen and oxygen atoms in total. The lowest BCUT2D eigenvalue weighted by molar-refractivity contribution is 0.380. The zero-order chi connectivity index (χ0) is 25.2. The van der Waals surface area contributed by atoms with Gasteiger partial charge in [-0.3, -0.25) is 4.98 Å². The van der Waals surface area contributed by atoms with Crippen molar-refractivity contribution in [1.29, 1.82) is 0 Å². The van der Waals surface area contributed by atoms with Crippen LogP contribution in [0.2, 0.25) is 0 Å². The molecular formula is C28H29F2N5O. The number of aromatic nitrogens is 3. The number of hydrogen-bond donors (Lipinski definition) is 0. The van der Waals surface area contributed by atoms with Crippen molar-refractivity contribution < 1.29 is 13.5 Å². The molecule has 2 aromatic carbocycles. The monoisotopic (exact) mass is 489 g/mol. The Bertz CT molecular complexity index is 1360. The first-order valence-electron chi connectivity index (χ1n) is 12.1.